The number of nitrogens with two attached hydrogens (primary N) is 1. The highest BCUT2D eigenvalue weighted by atomic mass is 32.2. The highest BCUT2D eigenvalue weighted by molar-refractivity contribution is 7.99. The Bertz CT molecular complexity index is 634. The van der Waals surface area contributed by atoms with E-state index in [1.807, 2.05) is 19.9 Å². The minimum atomic E-state index is 0.507. The van der Waals surface area contributed by atoms with E-state index in [1.165, 1.54) is 29.4 Å². The lowest BCUT2D eigenvalue weighted by atomic mass is 10.1. The summed E-state index contributed by atoms with van der Waals surface area (Å²) in [5.41, 5.74) is 11.5. The molecule has 0 radical (unpaired) electrons. The van der Waals surface area contributed by atoms with Gasteiger partial charge in [0, 0.05) is 23.6 Å². The van der Waals surface area contributed by atoms with Gasteiger partial charge >= 0.3 is 0 Å². The van der Waals surface area contributed by atoms with Crippen molar-refractivity contribution in [3.05, 3.63) is 40.3 Å². The van der Waals surface area contributed by atoms with Crippen LogP contribution in [0.1, 0.15) is 34.6 Å². The maximum absolute atomic E-state index is 5.86. The smallest absolute Gasteiger partial charge is 0.194 e. The molecule has 0 fully saturated rings. The van der Waals surface area contributed by atoms with Crippen LogP contribution in [-0.2, 0) is 19.4 Å². The van der Waals surface area contributed by atoms with E-state index < -0.39 is 0 Å². The average molecular weight is 286 g/mol. The van der Waals surface area contributed by atoms with E-state index in [4.69, 9.17) is 10.7 Å². The van der Waals surface area contributed by atoms with E-state index in [0.717, 1.165) is 40.0 Å². The van der Waals surface area contributed by atoms with Gasteiger partial charge in [-0.2, -0.15) is 0 Å². The molecule has 2 heterocycles. The van der Waals surface area contributed by atoms with E-state index in [9.17, 15) is 0 Å². The molecule has 0 amide bonds. The largest absolute Gasteiger partial charge is 0.326 e. The molecule has 2 aromatic rings. The van der Waals surface area contributed by atoms with Crippen molar-refractivity contribution in [3.8, 4) is 0 Å². The second-order valence-electron chi connectivity index (χ2n) is 5.15. The molecule has 0 bridgehead atoms. The molecule has 0 aliphatic heterocycles. The highest BCUT2D eigenvalue weighted by Crippen LogP contribution is 2.31. The predicted molar refractivity (Wildman–Crippen MR) is 79.8 cm³/mol. The molecule has 5 heteroatoms. The van der Waals surface area contributed by atoms with Crippen LogP contribution in [0, 0.1) is 13.8 Å². The second kappa shape index (κ2) is 5.50. The summed E-state index contributed by atoms with van der Waals surface area (Å²) in [4.78, 5) is 13.7. The van der Waals surface area contributed by atoms with Crippen molar-refractivity contribution in [2.24, 2.45) is 5.73 Å². The first kappa shape index (κ1) is 13.5. The number of aromatic nitrogens is 3. The van der Waals surface area contributed by atoms with Crippen molar-refractivity contribution in [1.29, 1.82) is 0 Å². The Balaban J connectivity index is 1.97. The maximum Gasteiger partial charge on any atom is 0.194 e. The zero-order chi connectivity index (χ0) is 14.1. The lowest BCUT2D eigenvalue weighted by molar-refractivity contribution is 0.872. The Morgan fingerprint density at radius 1 is 1.10 bits per heavy atom. The molecule has 1 aliphatic rings. The Kier molecular flexibility index (Phi) is 3.72. The van der Waals surface area contributed by atoms with Crippen LogP contribution >= 0.6 is 11.8 Å². The van der Waals surface area contributed by atoms with E-state index in [0.29, 0.717) is 6.54 Å². The van der Waals surface area contributed by atoms with Crippen LogP contribution in [0.2, 0.25) is 0 Å². The summed E-state index contributed by atoms with van der Waals surface area (Å²) < 4.78 is 0. The quantitative estimate of drug-likeness (QED) is 0.879. The number of hydrogen-bond donors (Lipinski definition) is 1. The molecule has 2 aromatic heterocycles. The van der Waals surface area contributed by atoms with Crippen LogP contribution in [0.5, 0.6) is 0 Å². The number of hydrogen-bond acceptors (Lipinski definition) is 5. The molecule has 0 saturated heterocycles. The first-order valence-corrected chi connectivity index (χ1v) is 7.69. The van der Waals surface area contributed by atoms with Gasteiger partial charge in [-0.05, 0) is 62.1 Å². The molecule has 20 heavy (non-hydrogen) atoms. The van der Waals surface area contributed by atoms with E-state index in [2.05, 4.69) is 16.0 Å². The first-order valence-electron chi connectivity index (χ1n) is 6.87. The van der Waals surface area contributed by atoms with E-state index in [-0.39, 0.29) is 0 Å². The van der Waals surface area contributed by atoms with Crippen LogP contribution in [0.25, 0.3) is 0 Å². The summed E-state index contributed by atoms with van der Waals surface area (Å²) >= 11 is 1.52. The predicted octanol–water partition coefficient (Wildman–Crippen LogP) is 2.59. The van der Waals surface area contributed by atoms with Crippen molar-refractivity contribution in [2.75, 3.05) is 0 Å². The number of rotatable bonds is 3. The third-order valence-corrected chi connectivity index (χ3v) is 4.37. The Morgan fingerprint density at radius 2 is 1.85 bits per heavy atom. The lowest BCUT2D eigenvalue weighted by Crippen LogP contribution is -2.04. The second-order valence-corrected chi connectivity index (χ2v) is 6.11. The van der Waals surface area contributed by atoms with Gasteiger partial charge in [-0.15, -0.1) is 0 Å². The number of pyridine rings is 1. The van der Waals surface area contributed by atoms with Crippen LogP contribution in [0.3, 0.4) is 0 Å². The van der Waals surface area contributed by atoms with Gasteiger partial charge in [0.15, 0.2) is 5.16 Å². The molecule has 0 saturated carbocycles. The monoisotopic (exact) mass is 286 g/mol. The van der Waals surface area contributed by atoms with Gasteiger partial charge in [0.2, 0.25) is 0 Å². The maximum atomic E-state index is 5.86. The zero-order valence-corrected chi connectivity index (χ0v) is 12.6. The summed E-state index contributed by atoms with van der Waals surface area (Å²) in [6.45, 7) is 4.48. The third-order valence-electron chi connectivity index (χ3n) is 3.46. The molecule has 2 N–H and O–H groups in total. The van der Waals surface area contributed by atoms with Gasteiger partial charge in [-0.25, -0.2) is 15.0 Å². The normalized spacial score (nSPS) is 13.6. The van der Waals surface area contributed by atoms with Crippen LogP contribution < -0.4 is 5.73 Å². The number of fused-ring (bicyclic) bond motifs is 1. The minimum Gasteiger partial charge on any atom is -0.326 e. The van der Waals surface area contributed by atoms with Gasteiger partial charge in [-0.3, -0.25) is 0 Å². The van der Waals surface area contributed by atoms with Crippen molar-refractivity contribution in [1.82, 2.24) is 15.0 Å². The zero-order valence-electron chi connectivity index (χ0n) is 11.8. The Morgan fingerprint density at radius 3 is 2.55 bits per heavy atom. The SMILES string of the molecule is Cc1cc(C)nc(Sc2nc3c(cc2CN)CCC3)n1. The van der Waals surface area contributed by atoms with E-state index >= 15 is 0 Å². The van der Waals surface area contributed by atoms with Crippen LogP contribution in [0.4, 0.5) is 0 Å². The third kappa shape index (κ3) is 2.69. The fourth-order valence-corrected chi connectivity index (χ4v) is 3.54. The standard InChI is InChI=1S/C15H18N4S/c1-9-6-10(2)18-15(17-9)20-14-12(8-16)7-11-4-3-5-13(11)19-14/h6-7H,3-5,8,16H2,1-2H3. The summed E-state index contributed by atoms with van der Waals surface area (Å²) in [6, 6.07) is 4.18. The Hall–Kier alpha value is -1.46. The lowest BCUT2D eigenvalue weighted by Gasteiger charge is -2.09. The molecule has 3 rings (SSSR count). The van der Waals surface area contributed by atoms with Gasteiger partial charge in [0.25, 0.3) is 0 Å². The topological polar surface area (TPSA) is 64.7 Å². The van der Waals surface area contributed by atoms with E-state index in [1.54, 1.807) is 0 Å². The van der Waals surface area contributed by atoms with Crippen molar-refractivity contribution in [3.63, 3.8) is 0 Å². The summed E-state index contributed by atoms with van der Waals surface area (Å²) in [5, 5.41) is 1.71. The van der Waals surface area contributed by atoms with Gasteiger partial charge < -0.3 is 5.73 Å². The van der Waals surface area contributed by atoms with Gasteiger partial charge in [0.05, 0.1) is 0 Å². The minimum absolute atomic E-state index is 0.507. The molecule has 0 unspecified atom stereocenters. The summed E-state index contributed by atoms with van der Waals surface area (Å²) in [7, 11) is 0. The molecule has 4 nitrogen and oxygen atoms in total. The molecule has 1 aliphatic carbocycles. The summed E-state index contributed by atoms with van der Waals surface area (Å²) in [6.07, 6.45) is 3.39. The fraction of sp³-hybridized carbons (Fsp3) is 0.400. The highest BCUT2D eigenvalue weighted by Gasteiger charge is 2.17. The molecule has 0 aromatic carbocycles. The van der Waals surface area contributed by atoms with Gasteiger partial charge in [-0.1, -0.05) is 6.07 Å². The molecule has 0 atom stereocenters. The first-order chi connectivity index (χ1) is 9.65. The Labute approximate surface area is 123 Å². The molecular formula is C15H18N4S. The fourth-order valence-electron chi connectivity index (χ4n) is 2.56. The van der Waals surface area contributed by atoms with Crippen molar-refractivity contribution >= 4 is 11.8 Å². The molecular weight excluding hydrogens is 268 g/mol. The van der Waals surface area contributed by atoms with Crippen LogP contribution in [0.15, 0.2) is 22.3 Å². The molecule has 104 valence electrons. The van der Waals surface area contributed by atoms with Crippen LogP contribution in [-0.4, -0.2) is 15.0 Å². The summed E-state index contributed by atoms with van der Waals surface area (Å²) in [5.74, 6) is 0. The number of nitrogens with zero attached hydrogens (tertiary/aromatic N) is 3. The van der Waals surface area contributed by atoms with Gasteiger partial charge in [0.1, 0.15) is 5.03 Å². The van der Waals surface area contributed by atoms with Crippen molar-refractivity contribution in [2.45, 2.75) is 49.8 Å². The molecule has 0 spiro atoms. The van der Waals surface area contributed by atoms with Crippen molar-refractivity contribution < 1.29 is 0 Å². The average Bonchev–Trinajstić information content (AvgIpc) is 2.83. The number of aryl methyl sites for hydroxylation is 4.